The van der Waals surface area contributed by atoms with E-state index in [9.17, 15) is 0 Å². The van der Waals surface area contributed by atoms with E-state index >= 15 is 0 Å². The van der Waals surface area contributed by atoms with Gasteiger partial charge in [0.05, 0.1) is 11.7 Å². The van der Waals surface area contributed by atoms with Crippen molar-refractivity contribution in [1.29, 1.82) is 0 Å². The first-order valence-electron chi connectivity index (χ1n) is 8.13. The van der Waals surface area contributed by atoms with Crippen molar-refractivity contribution in [2.75, 3.05) is 0 Å². The first-order valence-corrected chi connectivity index (χ1v) is 8.13. The summed E-state index contributed by atoms with van der Waals surface area (Å²) in [5, 5.41) is 0. The molecule has 0 aromatic carbocycles. The van der Waals surface area contributed by atoms with E-state index in [1.54, 1.807) is 6.07 Å². The lowest BCUT2D eigenvalue weighted by Crippen LogP contribution is -2.43. The van der Waals surface area contributed by atoms with E-state index in [0.717, 1.165) is 25.7 Å². The van der Waals surface area contributed by atoms with Gasteiger partial charge in [0.15, 0.2) is 0 Å². The maximum absolute atomic E-state index is 7.28. The molecule has 0 saturated heterocycles. The Morgan fingerprint density at radius 2 is 2.04 bits per heavy atom. The Morgan fingerprint density at radius 1 is 1.30 bits per heavy atom. The molecule has 1 heterocycles. The van der Waals surface area contributed by atoms with E-state index in [1.807, 2.05) is 6.07 Å². The zero-order chi connectivity index (χ0) is 16.9. The lowest BCUT2D eigenvalue weighted by Gasteiger charge is -2.39. The molecule has 0 N–H and O–H groups in total. The fourth-order valence-electron chi connectivity index (χ4n) is 2.34. The summed E-state index contributed by atoms with van der Waals surface area (Å²) in [6.45, 7) is 15.5. The normalized spacial score (nSPS) is 20.0. The average molecular weight is 312 g/mol. The molecule has 122 valence electrons. The smallest absolute Gasteiger partial charge is 0.313 e. The molecule has 1 fully saturated rings. The van der Waals surface area contributed by atoms with Gasteiger partial charge >= 0.3 is 5.82 Å². The lowest BCUT2D eigenvalue weighted by atomic mass is 9.91. The number of unbranched alkanes of at least 4 members (excludes halogenated alkanes) is 1. The second-order valence-electron chi connectivity index (χ2n) is 6.75. The number of ether oxygens (including phenoxy) is 2. The van der Waals surface area contributed by atoms with Gasteiger partial charge in [0, 0.05) is 19.3 Å². The van der Waals surface area contributed by atoms with E-state index in [0.29, 0.717) is 11.4 Å². The summed E-state index contributed by atoms with van der Waals surface area (Å²) >= 11 is 0. The van der Waals surface area contributed by atoms with Crippen molar-refractivity contribution >= 4 is 5.82 Å². The number of aromatic nitrogens is 1. The van der Waals surface area contributed by atoms with Crippen LogP contribution in [0.15, 0.2) is 12.1 Å². The first kappa shape index (κ1) is 17.3. The number of rotatable bonds is 4. The molecule has 4 heteroatoms. The van der Waals surface area contributed by atoms with Gasteiger partial charge in [-0.3, -0.25) is 0 Å². The van der Waals surface area contributed by atoms with Crippen LogP contribution in [0.3, 0.4) is 0 Å². The molecule has 0 spiro atoms. The highest BCUT2D eigenvalue weighted by molar-refractivity contribution is 5.53. The van der Waals surface area contributed by atoms with E-state index in [4.69, 9.17) is 16.0 Å². The zero-order valence-electron chi connectivity index (χ0n) is 14.3. The molecule has 1 aromatic heterocycles. The van der Waals surface area contributed by atoms with Gasteiger partial charge in [0.25, 0.3) is 0 Å². The van der Waals surface area contributed by atoms with Crippen LogP contribution in [0.2, 0.25) is 0 Å². The molecule has 1 aliphatic rings. The van der Waals surface area contributed by atoms with Crippen LogP contribution < -0.4 is 4.74 Å². The Balaban J connectivity index is 1.94. The fraction of sp³-hybridized carbons (Fsp3) is 0.579. The quantitative estimate of drug-likeness (QED) is 0.606. The standard InChI is InChI=1S/C19H24N2O2/c1-6-7-8-9-14-10-11-17(18(20-5)21-14)22-15-12-16(13-15)23-19(2,3)4/h10-11,15-16H,6-7,12-13H2,1-4H3. The summed E-state index contributed by atoms with van der Waals surface area (Å²) in [6.07, 6.45) is 3.90. The summed E-state index contributed by atoms with van der Waals surface area (Å²) in [5.74, 6) is 6.85. The largest absolute Gasteiger partial charge is 0.499 e. The second-order valence-corrected chi connectivity index (χ2v) is 6.75. The first-order chi connectivity index (χ1) is 10.9. The second kappa shape index (κ2) is 7.49. The molecule has 4 nitrogen and oxygen atoms in total. The fourth-order valence-corrected chi connectivity index (χ4v) is 2.34. The van der Waals surface area contributed by atoms with E-state index in [2.05, 4.69) is 49.4 Å². The molecular weight excluding hydrogens is 288 g/mol. The minimum atomic E-state index is -0.127. The van der Waals surface area contributed by atoms with Crippen LogP contribution in [0.1, 0.15) is 59.1 Å². The molecule has 1 aliphatic carbocycles. The molecule has 0 aliphatic heterocycles. The van der Waals surface area contributed by atoms with Crippen LogP contribution in [0.5, 0.6) is 5.75 Å². The van der Waals surface area contributed by atoms with Crippen LogP contribution in [0.25, 0.3) is 4.85 Å². The van der Waals surface area contributed by atoms with Crippen LogP contribution in [0.4, 0.5) is 5.82 Å². The van der Waals surface area contributed by atoms with E-state index < -0.39 is 0 Å². The predicted molar refractivity (Wildman–Crippen MR) is 90.6 cm³/mol. The van der Waals surface area contributed by atoms with Crippen LogP contribution >= 0.6 is 0 Å². The van der Waals surface area contributed by atoms with Crippen LogP contribution in [0, 0.1) is 18.4 Å². The van der Waals surface area contributed by atoms with E-state index in [-0.39, 0.29) is 23.6 Å². The Bertz CT molecular complexity index is 638. The summed E-state index contributed by atoms with van der Waals surface area (Å²) in [6, 6.07) is 3.61. The summed E-state index contributed by atoms with van der Waals surface area (Å²) in [5.41, 5.74) is 0.497. The third-order valence-corrected chi connectivity index (χ3v) is 3.40. The summed E-state index contributed by atoms with van der Waals surface area (Å²) < 4.78 is 11.8. The average Bonchev–Trinajstić information content (AvgIpc) is 2.45. The number of pyridine rings is 1. The highest BCUT2D eigenvalue weighted by Crippen LogP contribution is 2.34. The van der Waals surface area contributed by atoms with Crippen molar-refractivity contribution in [3.63, 3.8) is 0 Å². The third-order valence-electron chi connectivity index (χ3n) is 3.40. The van der Waals surface area contributed by atoms with Gasteiger partial charge in [0.2, 0.25) is 5.69 Å². The van der Waals surface area contributed by atoms with E-state index in [1.165, 1.54) is 0 Å². The molecule has 1 saturated carbocycles. The SMILES string of the molecule is [C-]#[N+]c1nc(C#CCCC)ccc1OC1CC(OC(C)(C)C)C1. The maximum Gasteiger partial charge on any atom is 0.313 e. The summed E-state index contributed by atoms with van der Waals surface area (Å²) in [4.78, 5) is 7.73. The third kappa shape index (κ3) is 5.27. The highest BCUT2D eigenvalue weighted by atomic mass is 16.5. The topological polar surface area (TPSA) is 35.7 Å². The van der Waals surface area contributed by atoms with Gasteiger partial charge in [-0.05, 0) is 45.2 Å². The molecule has 0 atom stereocenters. The Hall–Kier alpha value is -2.04. The minimum absolute atomic E-state index is 0.0988. The zero-order valence-corrected chi connectivity index (χ0v) is 14.3. The molecule has 1 aromatic rings. The molecule has 23 heavy (non-hydrogen) atoms. The van der Waals surface area contributed by atoms with Crippen LogP contribution in [-0.4, -0.2) is 22.8 Å². The monoisotopic (exact) mass is 312 g/mol. The van der Waals surface area contributed by atoms with Gasteiger partial charge in [-0.1, -0.05) is 19.4 Å². The van der Waals surface area contributed by atoms with Gasteiger partial charge in [-0.25, -0.2) is 0 Å². The van der Waals surface area contributed by atoms with Crippen LogP contribution in [-0.2, 0) is 4.74 Å². The summed E-state index contributed by atoms with van der Waals surface area (Å²) in [7, 11) is 0. The van der Waals surface area contributed by atoms with Crippen molar-refractivity contribution in [3.05, 3.63) is 29.2 Å². The van der Waals surface area contributed by atoms with Crippen molar-refractivity contribution in [2.24, 2.45) is 0 Å². The lowest BCUT2D eigenvalue weighted by molar-refractivity contribution is -0.126. The van der Waals surface area contributed by atoms with Gasteiger partial charge in [-0.2, -0.15) is 0 Å². The van der Waals surface area contributed by atoms with Crippen molar-refractivity contribution in [3.8, 4) is 17.6 Å². The predicted octanol–water partition coefficient (Wildman–Crippen LogP) is 4.51. The number of nitrogens with zero attached hydrogens (tertiary/aromatic N) is 2. The molecular formula is C19H24N2O2. The molecule has 0 radical (unpaired) electrons. The minimum Gasteiger partial charge on any atom is -0.499 e. The Kier molecular flexibility index (Phi) is 5.64. The molecule has 0 amide bonds. The maximum atomic E-state index is 7.28. The van der Waals surface area contributed by atoms with Crippen molar-refractivity contribution in [1.82, 2.24) is 4.98 Å². The molecule has 2 rings (SSSR count). The number of hydrogen-bond donors (Lipinski definition) is 0. The molecule has 0 bridgehead atoms. The van der Waals surface area contributed by atoms with Gasteiger partial charge in [-0.15, -0.1) is 4.98 Å². The number of hydrogen-bond acceptors (Lipinski definition) is 3. The molecule has 0 unspecified atom stereocenters. The highest BCUT2D eigenvalue weighted by Gasteiger charge is 2.34. The van der Waals surface area contributed by atoms with Gasteiger partial charge < -0.3 is 14.3 Å². The Labute approximate surface area is 139 Å². The van der Waals surface area contributed by atoms with Crippen molar-refractivity contribution in [2.45, 2.75) is 71.2 Å². The Morgan fingerprint density at radius 3 is 2.65 bits per heavy atom. The van der Waals surface area contributed by atoms with Crippen molar-refractivity contribution < 1.29 is 9.47 Å². The van der Waals surface area contributed by atoms with Gasteiger partial charge in [0.1, 0.15) is 11.9 Å².